The Balaban J connectivity index is 2.38. The number of aliphatic hydroxyl groups is 5. The van der Waals surface area contributed by atoms with Crippen molar-refractivity contribution < 1.29 is 63.1 Å². The highest BCUT2D eigenvalue weighted by atomic mass is 31.2. The lowest BCUT2D eigenvalue weighted by Crippen LogP contribution is -2.64. The molecule has 0 aromatic rings. The number of phosphoric ester groups is 1. The smallest absolute Gasteiger partial charge is 0.462 e. The summed E-state index contributed by atoms with van der Waals surface area (Å²) in [6.45, 7) is 3.29. The fourth-order valence-corrected chi connectivity index (χ4v) is 8.61. The molecule has 0 saturated heterocycles. The molecular formula is C47H89O13P. The van der Waals surface area contributed by atoms with Crippen molar-refractivity contribution in [1.29, 1.82) is 0 Å². The highest BCUT2D eigenvalue weighted by Crippen LogP contribution is 2.47. The summed E-state index contributed by atoms with van der Waals surface area (Å²) in [7, 11) is -5.11. The predicted molar refractivity (Wildman–Crippen MR) is 240 cm³/mol. The summed E-state index contributed by atoms with van der Waals surface area (Å²) in [6, 6.07) is 0. The van der Waals surface area contributed by atoms with Gasteiger partial charge in [-0.1, -0.05) is 180 Å². The van der Waals surface area contributed by atoms with Crippen LogP contribution in [0.15, 0.2) is 12.2 Å². The van der Waals surface area contributed by atoms with E-state index in [1.807, 2.05) is 0 Å². The molecule has 1 fully saturated rings. The molecular weight excluding hydrogens is 803 g/mol. The lowest BCUT2D eigenvalue weighted by atomic mass is 9.85. The van der Waals surface area contributed by atoms with Gasteiger partial charge in [0.2, 0.25) is 0 Å². The minimum absolute atomic E-state index is 0.0903. The van der Waals surface area contributed by atoms with Crippen LogP contribution in [0.25, 0.3) is 0 Å². The number of phosphoric acid groups is 1. The lowest BCUT2D eigenvalue weighted by molar-refractivity contribution is -0.220. The average Bonchev–Trinajstić information content (AvgIpc) is 3.24. The van der Waals surface area contributed by atoms with Gasteiger partial charge in [-0.2, -0.15) is 0 Å². The van der Waals surface area contributed by atoms with Crippen LogP contribution in [-0.2, 0) is 32.7 Å². The molecule has 0 aliphatic heterocycles. The molecule has 6 N–H and O–H groups in total. The van der Waals surface area contributed by atoms with Crippen LogP contribution in [0.1, 0.15) is 219 Å². The maximum Gasteiger partial charge on any atom is 0.472 e. The minimum atomic E-state index is -5.11. The lowest BCUT2D eigenvalue weighted by Gasteiger charge is -2.41. The molecule has 1 aliphatic rings. The fraction of sp³-hybridized carbons (Fsp3) is 0.915. The second-order valence-electron chi connectivity index (χ2n) is 17.3. The van der Waals surface area contributed by atoms with Crippen molar-refractivity contribution in [2.24, 2.45) is 0 Å². The molecule has 1 saturated carbocycles. The maximum atomic E-state index is 12.8. The maximum absolute atomic E-state index is 12.8. The Morgan fingerprint density at radius 3 is 1.28 bits per heavy atom. The van der Waals surface area contributed by atoms with E-state index < -0.39 is 75.7 Å². The topological polar surface area (TPSA) is 210 Å². The summed E-state index contributed by atoms with van der Waals surface area (Å²) < 4.78 is 33.5. The number of allylic oxidation sites excluding steroid dienone is 2. The Hall–Kier alpha value is -1.41. The summed E-state index contributed by atoms with van der Waals surface area (Å²) >= 11 is 0. The van der Waals surface area contributed by atoms with Crippen molar-refractivity contribution >= 4 is 19.8 Å². The van der Waals surface area contributed by atoms with Gasteiger partial charge in [-0.3, -0.25) is 18.6 Å². The average molecular weight is 893 g/mol. The van der Waals surface area contributed by atoms with Gasteiger partial charge in [-0.15, -0.1) is 0 Å². The number of unbranched alkanes of at least 4 members (excludes halogenated alkanes) is 27. The van der Waals surface area contributed by atoms with Gasteiger partial charge in [-0.05, 0) is 38.5 Å². The van der Waals surface area contributed by atoms with Crippen LogP contribution < -0.4 is 0 Å². The van der Waals surface area contributed by atoms with Gasteiger partial charge >= 0.3 is 19.8 Å². The molecule has 61 heavy (non-hydrogen) atoms. The number of carbonyl (C=O) groups excluding carboxylic acids is 2. The molecule has 0 aromatic carbocycles. The van der Waals surface area contributed by atoms with Crippen LogP contribution in [0.3, 0.4) is 0 Å². The predicted octanol–water partition coefficient (Wildman–Crippen LogP) is 9.84. The Bertz CT molecular complexity index is 1120. The number of aliphatic hydroxyl groups excluding tert-OH is 5. The zero-order valence-electron chi connectivity index (χ0n) is 38.2. The number of esters is 2. The Kier molecular flexibility index (Phi) is 35.8. The number of rotatable bonds is 41. The van der Waals surface area contributed by atoms with Crippen molar-refractivity contribution in [1.82, 2.24) is 0 Å². The standard InChI is InChI=1S/C47H89O13P/c1-3-5-7-9-11-13-15-17-18-19-20-21-22-23-24-26-27-29-31-33-35-40(48)57-37-39(59-41(49)36-34-32-30-28-25-16-14-12-10-8-6-4-2)38-58-61(55,56)60-47-45(53)43(51)42(50)44(52)46(47)54/h12,14,39,42-47,50-54H,3-11,13,15-38H2,1-2H3,(H,55,56)/b14-12+/t39-,42?,43-,44?,45?,46?,47?/m0/s1. The zero-order chi connectivity index (χ0) is 45.0. The SMILES string of the molecule is CCCCC/C=C/CCCCCCCC(=O)O[C@@H](COC(=O)CCCCCCCCCCCCCCCCCCCCCC)COP(=O)(O)OC1C(O)C(O)C(O)[C@H](O)C1O. The number of ether oxygens (including phenoxy) is 2. The minimum Gasteiger partial charge on any atom is -0.462 e. The van der Waals surface area contributed by atoms with Crippen LogP contribution in [0.5, 0.6) is 0 Å². The summed E-state index contributed by atoms with van der Waals surface area (Å²) in [4.78, 5) is 35.7. The van der Waals surface area contributed by atoms with E-state index in [9.17, 15) is 44.6 Å². The molecule has 1 aliphatic carbocycles. The molecule has 1 rings (SSSR count). The Labute approximate surface area is 369 Å². The van der Waals surface area contributed by atoms with E-state index in [1.54, 1.807) is 0 Å². The van der Waals surface area contributed by atoms with E-state index in [1.165, 1.54) is 122 Å². The quantitative estimate of drug-likeness (QED) is 0.0146. The number of hydrogen-bond acceptors (Lipinski definition) is 12. The molecule has 8 atom stereocenters. The zero-order valence-corrected chi connectivity index (χ0v) is 39.1. The van der Waals surface area contributed by atoms with Gasteiger partial charge in [0.25, 0.3) is 0 Å². The monoisotopic (exact) mass is 893 g/mol. The van der Waals surface area contributed by atoms with E-state index in [0.717, 1.165) is 57.8 Å². The number of hydrogen-bond donors (Lipinski definition) is 6. The van der Waals surface area contributed by atoms with Crippen molar-refractivity contribution in [2.45, 2.75) is 262 Å². The van der Waals surface area contributed by atoms with E-state index in [4.69, 9.17) is 18.5 Å². The molecule has 14 heteroatoms. The van der Waals surface area contributed by atoms with Crippen LogP contribution in [0.2, 0.25) is 0 Å². The van der Waals surface area contributed by atoms with Crippen LogP contribution in [-0.4, -0.2) is 98.3 Å². The highest BCUT2D eigenvalue weighted by Gasteiger charge is 2.51. The molecule has 360 valence electrons. The van der Waals surface area contributed by atoms with Gasteiger partial charge in [0.1, 0.15) is 43.2 Å². The Morgan fingerprint density at radius 1 is 0.492 bits per heavy atom. The van der Waals surface area contributed by atoms with Gasteiger partial charge in [0.15, 0.2) is 6.10 Å². The second-order valence-corrected chi connectivity index (χ2v) is 18.7. The molecule has 0 spiro atoms. The third-order valence-corrected chi connectivity index (χ3v) is 12.6. The highest BCUT2D eigenvalue weighted by molar-refractivity contribution is 7.47. The van der Waals surface area contributed by atoms with Crippen LogP contribution in [0, 0.1) is 0 Å². The van der Waals surface area contributed by atoms with Gasteiger partial charge in [0, 0.05) is 12.8 Å². The first-order valence-electron chi connectivity index (χ1n) is 24.5. The van der Waals surface area contributed by atoms with Gasteiger partial charge in [-0.25, -0.2) is 4.57 Å². The number of carbonyl (C=O) groups is 2. The van der Waals surface area contributed by atoms with Gasteiger partial charge < -0.3 is 39.9 Å². The molecule has 0 bridgehead atoms. The molecule has 0 radical (unpaired) electrons. The first-order chi connectivity index (χ1) is 29.4. The summed E-state index contributed by atoms with van der Waals surface area (Å²) in [5.41, 5.74) is 0. The van der Waals surface area contributed by atoms with E-state index in [2.05, 4.69) is 26.0 Å². The first kappa shape index (κ1) is 57.6. The van der Waals surface area contributed by atoms with Crippen molar-refractivity contribution in [3.05, 3.63) is 12.2 Å². The largest absolute Gasteiger partial charge is 0.472 e. The van der Waals surface area contributed by atoms with Crippen molar-refractivity contribution in [2.75, 3.05) is 13.2 Å². The van der Waals surface area contributed by atoms with E-state index in [0.29, 0.717) is 12.8 Å². The third kappa shape index (κ3) is 30.4. The van der Waals surface area contributed by atoms with Gasteiger partial charge in [0.05, 0.1) is 6.61 Å². The van der Waals surface area contributed by atoms with Crippen molar-refractivity contribution in [3.63, 3.8) is 0 Å². The Morgan fingerprint density at radius 2 is 0.836 bits per heavy atom. The molecule has 6 unspecified atom stereocenters. The molecule has 0 amide bonds. The molecule has 0 heterocycles. The first-order valence-corrected chi connectivity index (χ1v) is 26.0. The van der Waals surface area contributed by atoms with E-state index in [-0.39, 0.29) is 12.8 Å². The normalized spacial score (nSPS) is 22.0. The fourth-order valence-electron chi connectivity index (χ4n) is 7.64. The summed E-state index contributed by atoms with van der Waals surface area (Å²) in [5, 5.41) is 50.1. The third-order valence-electron chi connectivity index (χ3n) is 11.6. The second kappa shape index (κ2) is 37.9. The molecule has 13 nitrogen and oxygen atoms in total. The summed E-state index contributed by atoms with van der Waals surface area (Å²) in [5.74, 6) is -1.10. The molecule has 0 aromatic heterocycles. The van der Waals surface area contributed by atoms with E-state index >= 15 is 0 Å². The van der Waals surface area contributed by atoms with Crippen LogP contribution in [0.4, 0.5) is 0 Å². The van der Waals surface area contributed by atoms with Crippen LogP contribution >= 0.6 is 7.82 Å². The van der Waals surface area contributed by atoms with Crippen molar-refractivity contribution in [3.8, 4) is 0 Å². The summed E-state index contributed by atoms with van der Waals surface area (Å²) in [6.07, 6.45) is 27.0.